The van der Waals surface area contributed by atoms with Gasteiger partial charge >= 0.3 is 0 Å². The fraction of sp³-hybridized carbons (Fsp3) is 0.250. The van der Waals surface area contributed by atoms with Crippen LogP contribution < -0.4 is 14.8 Å². The second-order valence-corrected chi connectivity index (χ2v) is 8.17. The van der Waals surface area contributed by atoms with Crippen molar-refractivity contribution in [3.63, 3.8) is 0 Å². The van der Waals surface area contributed by atoms with E-state index in [0.717, 1.165) is 26.8 Å². The van der Waals surface area contributed by atoms with Crippen molar-refractivity contribution in [1.82, 2.24) is 14.7 Å². The van der Waals surface area contributed by atoms with Crippen molar-refractivity contribution < 1.29 is 18.7 Å². The van der Waals surface area contributed by atoms with E-state index < -0.39 is 0 Å². The number of thiazole rings is 1. The molecule has 0 atom stereocenters. The Bertz CT molecular complexity index is 1250. The standard InChI is InChI=1S/C24H24FN3O3S/c1-4-30-20-11-8-17(12-21(20)31-5-2)23(29)26-13-22-15(3)28-14-19(27-24(28)32-22)16-6-9-18(25)10-7-16/h6-12,14H,4-5,13H2,1-3H3,(H,26,29). The summed E-state index contributed by atoms with van der Waals surface area (Å²) in [6.45, 7) is 7.18. The Hall–Kier alpha value is -3.39. The average Bonchev–Trinajstić information content (AvgIpc) is 3.33. The lowest BCUT2D eigenvalue weighted by Gasteiger charge is -2.12. The van der Waals surface area contributed by atoms with Gasteiger partial charge in [0.2, 0.25) is 0 Å². The monoisotopic (exact) mass is 453 g/mol. The second-order valence-electron chi connectivity index (χ2n) is 7.11. The summed E-state index contributed by atoms with van der Waals surface area (Å²) in [6.07, 6.45) is 1.93. The lowest BCUT2D eigenvalue weighted by atomic mass is 10.2. The molecule has 0 bridgehead atoms. The molecule has 8 heteroatoms. The lowest BCUT2D eigenvalue weighted by Crippen LogP contribution is -2.22. The number of nitrogens with zero attached hydrogens (tertiary/aromatic N) is 2. The van der Waals surface area contributed by atoms with E-state index in [1.54, 1.807) is 30.3 Å². The van der Waals surface area contributed by atoms with Crippen molar-refractivity contribution in [2.75, 3.05) is 13.2 Å². The maximum atomic E-state index is 13.2. The molecule has 0 aliphatic rings. The molecular weight excluding hydrogens is 429 g/mol. The molecule has 0 aliphatic heterocycles. The molecule has 0 saturated heterocycles. The molecule has 0 spiro atoms. The normalized spacial score (nSPS) is 11.0. The Balaban J connectivity index is 1.48. The SMILES string of the molecule is CCOc1ccc(C(=O)NCc2sc3nc(-c4ccc(F)cc4)cn3c2C)cc1OCC. The average molecular weight is 454 g/mol. The summed E-state index contributed by atoms with van der Waals surface area (Å²) in [5, 5.41) is 2.97. The van der Waals surface area contributed by atoms with Gasteiger partial charge in [0.15, 0.2) is 16.5 Å². The van der Waals surface area contributed by atoms with Gasteiger partial charge in [0.05, 0.1) is 25.5 Å². The predicted molar refractivity (Wildman–Crippen MR) is 123 cm³/mol. The number of aryl methyl sites for hydroxylation is 1. The van der Waals surface area contributed by atoms with Crippen molar-refractivity contribution in [3.05, 3.63) is 70.6 Å². The third-order valence-electron chi connectivity index (χ3n) is 5.01. The maximum absolute atomic E-state index is 13.2. The van der Waals surface area contributed by atoms with Crippen molar-refractivity contribution in [2.24, 2.45) is 0 Å². The van der Waals surface area contributed by atoms with Gasteiger partial charge in [-0.1, -0.05) is 11.3 Å². The van der Waals surface area contributed by atoms with E-state index in [4.69, 9.17) is 9.47 Å². The van der Waals surface area contributed by atoms with Crippen LogP contribution in [0, 0.1) is 12.7 Å². The first-order valence-electron chi connectivity index (χ1n) is 10.4. The van der Waals surface area contributed by atoms with Crippen molar-refractivity contribution in [2.45, 2.75) is 27.3 Å². The van der Waals surface area contributed by atoms with Crippen molar-refractivity contribution in [1.29, 1.82) is 0 Å². The van der Waals surface area contributed by atoms with Gasteiger partial charge in [-0.2, -0.15) is 0 Å². The number of hydrogen-bond donors (Lipinski definition) is 1. The molecule has 2 aromatic carbocycles. The van der Waals surface area contributed by atoms with Crippen LogP contribution in [0.15, 0.2) is 48.7 Å². The van der Waals surface area contributed by atoms with E-state index in [2.05, 4.69) is 10.3 Å². The number of rotatable bonds is 8. The molecule has 2 aromatic heterocycles. The van der Waals surface area contributed by atoms with Gasteiger partial charge in [-0.05, 0) is 63.2 Å². The zero-order chi connectivity index (χ0) is 22.7. The predicted octanol–water partition coefficient (Wildman–Crippen LogP) is 5.24. The molecular formula is C24H24FN3O3S. The summed E-state index contributed by atoms with van der Waals surface area (Å²) in [6, 6.07) is 11.5. The second kappa shape index (κ2) is 9.40. The number of halogens is 1. The Labute approximate surface area is 189 Å². The van der Waals surface area contributed by atoms with Crippen molar-refractivity contribution in [3.8, 4) is 22.8 Å². The highest BCUT2D eigenvalue weighted by Crippen LogP contribution is 2.29. The number of benzene rings is 2. The molecule has 4 rings (SSSR count). The first-order chi connectivity index (χ1) is 15.5. The van der Waals surface area contributed by atoms with E-state index in [9.17, 15) is 9.18 Å². The number of amides is 1. The molecule has 1 amide bonds. The van der Waals surface area contributed by atoms with Crippen LogP contribution in [0.3, 0.4) is 0 Å². The number of ether oxygens (including phenoxy) is 2. The van der Waals surface area contributed by atoms with Gasteiger partial charge in [0, 0.05) is 27.9 Å². The van der Waals surface area contributed by atoms with E-state index >= 15 is 0 Å². The number of fused-ring (bicyclic) bond motifs is 1. The summed E-state index contributed by atoms with van der Waals surface area (Å²) >= 11 is 1.52. The van der Waals surface area contributed by atoms with E-state index in [0.29, 0.717) is 36.8 Å². The molecule has 0 saturated carbocycles. The highest BCUT2D eigenvalue weighted by Gasteiger charge is 2.15. The third kappa shape index (κ3) is 4.45. The number of carbonyl (C=O) groups is 1. The number of aromatic nitrogens is 2. The van der Waals surface area contributed by atoms with Crippen LogP contribution in [-0.4, -0.2) is 28.5 Å². The highest BCUT2D eigenvalue weighted by atomic mass is 32.1. The highest BCUT2D eigenvalue weighted by molar-refractivity contribution is 7.17. The van der Waals surface area contributed by atoms with Crippen molar-refractivity contribution >= 4 is 22.2 Å². The Morgan fingerprint density at radius 3 is 2.50 bits per heavy atom. The molecule has 0 radical (unpaired) electrons. The van der Waals surface area contributed by atoms with Crippen LogP contribution in [0.1, 0.15) is 34.8 Å². The third-order valence-corrected chi connectivity index (χ3v) is 6.16. The summed E-state index contributed by atoms with van der Waals surface area (Å²) in [5.74, 6) is 0.718. The summed E-state index contributed by atoms with van der Waals surface area (Å²) < 4.78 is 26.3. The number of nitrogens with one attached hydrogen (secondary N) is 1. The van der Waals surface area contributed by atoms with Crippen LogP contribution in [0.5, 0.6) is 11.5 Å². The molecule has 0 unspecified atom stereocenters. The Kier molecular flexibility index (Phi) is 6.41. The van der Waals surface area contributed by atoms with Crippen LogP contribution in [0.25, 0.3) is 16.2 Å². The first kappa shape index (κ1) is 21.8. The number of imidazole rings is 1. The molecule has 1 N–H and O–H groups in total. The minimum Gasteiger partial charge on any atom is -0.490 e. The quantitative estimate of drug-likeness (QED) is 0.396. The van der Waals surface area contributed by atoms with Gasteiger partial charge in [-0.25, -0.2) is 9.37 Å². The molecule has 0 aliphatic carbocycles. The van der Waals surface area contributed by atoms with E-state index in [1.807, 2.05) is 31.4 Å². The van der Waals surface area contributed by atoms with Gasteiger partial charge in [-0.3, -0.25) is 9.20 Å². The molecule has 2 heterocycles. The minimum atomic E-state index is -0.273. The smallest absolute Gasteiger partial charge is 0.251 e. The molecule has 32 heavy (non-hydrogen) atoms. The van der Waals surface area contributed by atoms with Gasteiger partial charge < -0.3 is 14.8 Å². The van der Waals surface area contributed by atoms with Crippen LogP contribution >= 0.6 is 11.3 Å². The first-order valence-corrected chi connectivity index (χ1v) is 11.2. The van der Waals surface area contributed by atoms with E-state index in [-0.39, 0.29) is 11.7 Å². The fourth-order valence-electron chi connectivity index (χ4n) is 3.37. The summed E-state index contributed by atoms with van der Waals surface area (Å²) in [5.41, 5.74) is 3.16. The van der Waals surface area contributed by atoms with Crippen LogP contribution in [0.4, 0.5) is 4.39 Å². The topological polar surface area (TPSA) is 64.9 Å². The summed E-state index contributed by atoms with van der Waals surface area (Å²) in [7, 11) is 0. The Morgan fingerprint density at radius 2 is 1.81 bits per heavy atom. The molecule has 166 valence electrons. The van der Waals surface area contributed by atoms with Gasteiger partial charge in [0.1, 0.15) is 5.82 Å². The minimum absolute atomic E-state index is 0.188. The maximum Gasteiger partial charge on any atom is 0.251 e. The zero-order valence-electron chi connectivity index (χ0n) is 18.1. The molecule has 6 nitrogen and oxygen atoms in total. The summed E-state index contributed by atoms with van der Waals surface area (Å²) in [4.78, 5) is 19.2. The lowest BCUT2D eigenvalue weighted by molar-refractivity contribution is 0.0950. The van der Waals surface area contributed by atoms with E-state index in [1.165, 1.54) is 23.5 Å². The number of hydrogen-bond acceptors (Lipinski definition) is 5. The molecule has 4 aromatic rings. The zero-order valence-corrected chi connectivity index (χ0v) is 19.0. The fourth-order valence-corrected chi connectivity index (χ4v) is 4.42. The largest absolute Gasteiger partial charge is 0.490 e. The van der Waals surface area contributed by atoms with Gasteiger partial charge in [0.25, 0.3) is 5.91 Å². The number of carbonyl (C=O) groups excluding carboxylic acids is 1. The molecule has 0 fully saturated rings. The van der Waals surface area contributed by atoms with Gasteiger partial charge in [-0.15, -0.1) is 0 Å². The Morgan fingerprint density at radius 1 is 1.09 bits per heavy atom. The van der Waals surface area contributed by atoms with Crippen LogP contribution in [0.2, 0.25) is 0 Å². The van der Waals surface area contributed by atoms with Crippen LogP contribution in [-0.2, 0) is 6.54 Å².